The zero-order chi connectivity index (χ0) is 15.4. The number of carbonyl (C=O) groups excluding carboxylic acids is 1. The molecule has 1 aromatic heterocycles. The van der Waals surface area contributed by atoms with Gasteiger partial charge in [-0.3, -0.25) is 4.79 Å². The van der Waals surface area contributed by atoms with E-state index in [4.69, 9.17) is 0 Å². The van der Waals surface area contributed by atoms with E-state index in [1.54, 1.807) is 11.3 Å². The topological polar surface area (TPSA) is 54.0 Å². The average molecular weight is 303 g/mol. The van der Waals surface area contributed by atoms with Crippen LogP contribution in [-0.4, -0.2) is 17.4 Å². The Balaban J connectivity index is 2.08. The third-order valence-corrected chi connectivity index (χ3v) is 4.36. The van der Waals surface area contributed by atoms with Crippen molar-refractivity contribution in [2.75, 3.05) is 11.9 Å². The maximum absolute atomic E-state index is 12.3. The summed E-state index contributed by atoms with van der Waals surface area (Å²) in [6.45, 7) is 8.83. The normalized spacial score (nSPS) is 12.0. The van der Waals surface area contributed by atoms with Gasteiger partial charge in [0.1, 0.15) is 5.01 Å². The van der Waals surface area contributed by atoms with Gasteiger partial charge in [0.25, 0.3) is 5.91 Å². The molecule has 0 saturated heterocycles. The fourth-order valence-electron chi connectivity index (χ4n) is 2.11. The molecule has 5 heteroatoms. The van der Waals surface area contributed by atoms with Gasteiger partial charge in [-0.2, -0.15) is 0 Å². The Bertz CT molecular complexity index is 636. The van der Waals surface area contributed by atoms with Gasteiger partial charge >= 0.3 is 0 Å². The second-order valence-electron chi connectivity index (χ2n) is 5.08. The molecule has 0 aliphatic heterocycles. The molecule has 2 aromatic rings. The molecule has 0 aliphatic carbocycles. The van der Waals surface area contributed by atoms with Crippen molar-refractivity contribution in [3.63, 3.8) is 0 Å². The largest absolute Gasteiger partial charge is 0.385 e. The Hall–Kier alpha value is -1.88. The van der Waals surface area contributed by atoms with E-state index in [1.807, 2.05) is 44.4 Å². The van der Waals surface area contributed by atoms with Gasteiger partial charge in [0.2, 0.25) is 0 Å². The lowest BCUT2D eigenvalue weighted by molar-refractivity contribution is 0.0939. The van der Waals surface area contributed by atoms with Gasteiger partial charge in [-0.1, -0.05) is 0 Å². The Morgan fingerprint density at radius 3 is 2.71 bits per heavy atom. The standard InChI is InChI=1S/C16H21N3OS/c1-5-17-14-7-6-13(8-10(14)2)15(20)19-12(4)16-18-11(3)9-21-16/h6-9,12,17H,5H2,1-4H3,(H,19,20). The van der Waals surface area contributed by atoms with Gasteiger partial charge in [0.05, 0.1) is 6.04 Å². The number of nitrogens with one attached hydrogen (secondary N) is 2. The Morgan fingerprint density at radius 1 is 1.38 bits per heavy atom. The van der Waals surface area contributed by atoms with Gasteiger partial charge in [0.15, 0.2) is 0 Å². The highest BCUT2D eigenvalue weighted by atomic mass is 32.1. The van der Waals surface area contributed by atoms with Crippen molar-refractivity contribution in [2.45, 2.75) is 33.7 Å². The lowest BCUT2D eigenvalue weighted by Gasteiger charge is -2.13. The number of hydrogen-bond donors (Lipinski definition) is 2. The predicted molar refractivity (Wildman–Crippen MR) is 88.1 cm³/mol. The van der Waals surface area contributed by atoms with E-state index >= 15 is 0 Å². The molecule has 21 heavy (non-hydrogen) atoms. The van der Waals surface area contributed by atoms with Gasteiger partial charge in [-0.25, -0.2) is 4.98 Å². The van der Waals surface area contributed by atoms with Gasteiger partial charge in [0, 0.05) is 28.9 Å². The second kappa shape index (κ2) is 6.72. The zero-order valence-electron chi connectivity index (χ0n) is 12.9. The molecule has 0 saturated carbocycles. The number of aryl methyl sites for hydroxylation is 2. The summed E-state index contributed by atoms with van der Waals surface area (Å²) in [5.41, 5.74) is 3.80. The van der Waals surface area contributed by atoms with Crippen molar-refractivity contribution in [1.29, 1.82) is 0 Å². The lowest BCUT2D eigenvalue weighted by atomic mass is 10.1. The summed E-state index contributed by atoms with van der Waals surface area (Å²) in [4.78, 5) is 16.7. The molecular formula is C16H21N3OS. The van der Waals surface area contributed by atoms with E-state index in [-0.39, 0.29) is 11.9 Å². The summed E-state index contributed by atoms with van der Waals surface area (Å²) in [5.74, 6) is -0.0681. The highest BCUT2D eigenvalue weighted by molar-refractivity contribution is 7.09. The van der Waals surface area contributed by atoms with Crippen LogP contribution in [0.5, 0.6) is 0 Å². The molecule has 1 atom stereocenters. The Kier molecular flexibility index (Phi) is 4.96. The molecule has 0 aliphatic rings. The molecule has 2 N–H and O–H groups in total. The van der Waals surface area contributed by atoms with E-state index in [0.29, 0.717) is 5.56 Å². The lowest BCUT2D eigenvalue weighted by Crippen LogP contribution is -2.26. The van der Waals surface area contributed by atoms with Crippen LogP contribution in [0, 0.1) is 13.8 Å². The van der Waals surface area contributed by atoms with Crippen molar-refractivity contribution in [1.82, 2.24) is 10.3 Å². The minimum absolute atomic E-state index is 0.0681. The summed E-state index contributed by atoms with van der Waals surface area (Å²) in [5, 5.41) is 9.19. The first-order valence-corrected chi connectivity index (χ1v) is 7.96. The minimum Gasteiger partial charge on any atom is -0.385 e. The monoisotopic (exact) mass is 303 g/mol. The molecule has 0 spiro atoms. The quantitative estimate of drug-likeness (QED) is 0.886. The molecule has 1 aromatic carbocycles. The Morgan fingerprint density at radius 2 is 2.14 bits per heavy atom. The molecule has 4 nitrogen and oxygen atoms in total. The highest BCUT2D eigenvalue weighted by Crippen LogP contribution is 2.20. The SMILES string of the molecule is CCNc1ccc(C(=O)NC(C)c2nc(C)cs2)cc1C. The molecular weight excluding hydrogens is 282 g/mol. The number of benzene rings is 1. The van der Waals surface area contributed by atoms with E-state index in [1.165, 1.54) is 0 Å². The number of hydrogen-bond acceptors (Lipinski definition) is 4. The van der Waals surface area contributed by atoms with Crippen LogP contribution in [0.1, 0.15) is 46.5 Å². The van der Waals surface area contributed by atoms with Gasteiger partial charge < -0.3 is 10.6 Å². The molecule has 1 amide bonds. The molecule has 2 rings (SSSR count). The van der Waals surface area contributed by atoms with Gasteiger partial charge in [-0.05, 0) is 51.5 Å². The summed E-state index contributed by atoms with van der Waals surface area (Å²) < 4.78 is 0. The summed E-state index contributed by atoms with van der Waals surface area (Å²) in [7, 11) is 0. The van der Waals surface area contributed by atoms with E-state index < -0.39 is 0 Å². The molecule has 1 unspecified atom stereocenters. The van der Waals surface area contributed by atoms with Crippen LogP contribution < -0.4 is 10.6 Å². The number of rotatable bonds is 5. The predicted octanol–water partition coefficient (Wildman–Crippen LogP) is 3.68. The van der Waals surface area contributed by atoms with Crippen molar-refractivity contribution < 1.29 is 4.79 Å². The maximum Gasteiger partial charge on any atom is 0.251 e. The average Bonchev–Trinajstić information content (AvgIpc) is 2.88. The first-order chi connectivity index (χ1) is 10.0. The van der Waals surface area contributed by atoms with E-state index in [0.717, 1.165) is 28.5 Å². The minimum atomic E-state index is -0.0788. The van der Waals surface area contributed by atoms with Crippen LogP contribution in [0.3, 0.4) is 0 Å². The first-order valence-electron chi connectivity index (χ1n) is 7.08. The third kappa shape index (κ3) is 3.82. The van der Waals surface area contributed by atoms with Gasteiger partial charge in [-0.15, -0.1) is 11.3 Å². The highest BCUT2D eigenvalue weighted by Gasteiger charge is 2.14. The van der Waals surface area contributed by atoms with Crippen molar-refractivity contribution in [3.8, 4) is 0 Å². The first kappa shape index (κ1) is 15.5. The molecule has 1 heterocycles. The van der Waals surface area contributed by atoms with Crippen LogP contribution in [0.15, 0.2) is 23.6 Å². The number of amides is 1. The van der Waals surface area contributed by atoms with Crippen molar-refractivity contribution in [2.24, 2.45) is 0 Å². The smallest absolute Gasteiger partial charge is 0.251 e. The maximum atomic E-state index is 12.3. The van der Waals surface area contributed by atoms with Crippen molar-refractivity contribution in [3.05, 3.63) is 45.4 Å². The number of anilines is 1. The fourth-order valence-corrected chi connectivity index (χ4v) is 2.91. The molecule has 0 bridgehead atoms. The number of aromatic nitrogens is 1. The van der Waals surface area contributed by atoms with Crippen LogP contribution in [0.4, 0.5) is 5.69 Å². The summed E-state index contributed by atoms with van der Waals surface area (Å²) in [6.07, 6.45) is 0. The third-order valence-electron chi connectivity index (χ3n) is 3.21. The number of thiazole rings is 1. The molecule has 112 valence electrons. The summed E-state index contributed by atoms with van der Waals surface area (Å²) >= 11 is 1.57. The van der Waals surface area contributed by atoms with E-state index in [9.17, 15) is 4.79 Å². The van der Waals surface area contributed by atoms with Crippen LogP contribution in [0.25, 0.3) is 0 Å². The number of nitrogens with zero attached hydrogens (tertiary/aromatic N) is 1. The van der Waals surface area contributed by atoms with Crippen LogP contribution in [0.2, 0.25) is 0 Å². The van der Waals surface area contributed by atoms with E-state index in [2.05, 4.69) is 22.5 Å². The Labute approximate surface area is 129 Å². The molecule has 0 radical (unpaired) electrons. The van der Waals surface area contributed by atoms with Crippen LogP contribution in [-0.2, 0) is 0 Å². The summed E-state index contributed by atoms with van der Waals surface area (Å²) in [6, 6.07) is 5.63. The number of carbonyl (C=O) groups is 1. The van der Waals surface area contributed by atoms with Crippen molar-refractivity contribution >= 4 is 22.9 Å². The zero-order valence-corrected chi connectivity index (χ0v) is 13.7. The molecule has 0 fully saturated rings. The fraction of sp³-hybridized carbons (Fsp3) is 0.375. The second-order valence-corrected chi connectivity index (χ2v) is 5.97. The van der Waals surface area contributed by atoms with Crippen LogP contribution >= 0.6 is 11.3 Å².